The first-order valence-electron chi connectivity index (χ1n) is 6.95. The molecule has 0 aliphatic carbocycles. The van der Waals surface area contributed by atoms with Gasteiger partial charge in [-0.15, -0.1) is 0 Å². The van der Waals surface area contributed by atoms with Gasteiger partial charge in [-0.05, 0) is 38.3 Å². The van der Waals surface area contributed by atoms with Gasteiger partial charge in [0.05, 0.1) is 0 Å². The molecule has 0 aromatic heterocycles. The highest BCUT2D eigenvalue weighted by Crippen LogP contribution is 2.14. The zero-order valence-electron chi connectivity index (χ0n) is 12.0. The fourth-order valence-corrected chi connectivity index (χ4v) is 1.90. The fraction of sp³-hybridized carbons (Fsp3) is 0.867. The minimum absolute atomic E-state index is 0.00958. The molecule has 0 radical (unpaired) electrons. The van der Waals surface area contributed by atoms with Crippen molar-refractivity contribution in [2.45, 2.75) is 47.0 Å². The van der Waals surface area contributed by atoms with Gasteiger partial charge in [-0.1, -0.05) is 39.5 Å². The van der Waals surface area contributed by atoms with E-state index in [2.05, 4.69) is 37.5 Å². The van der Waals surface area contributed by atoms with Gasteiger partial charge in [0.25, 0.3) is 0 Å². The molecule has 1 fully saturated rings. The van der Waals surface area contributed by atoms with E-state index in [9.17, 15) is 0 Å². The molecule has 0 spiro atoms. The van der Waals surface area contributed by atoms with Crippen molar-refractivity contribution < 1.29 is 5.11 Å². The molecular weight excluding hydrogens is 210 g/mol. The van der Waals surface area contributed by atoms with E-state index < -0.39 is 0 Å². The van der Waals surface area contributed by atoms with Gasteiger partial charge in [0.2, 0.25) is 0 Å². The predicted octanol–water partition coefficient (Wildman–Crippen LogP) is 2.77. The lowest BCUT2D eigenvalue weighted by atomic mass is 10.0. The molecule has 0 aromatic rings. The number of piperidine rings is 1. The van der Waals surface area contributed by atoms with E-state index in [0.29, 0.717) is 5.92 Å². The predicted molar refractivity (Wildman–Crippen MR) is 74.8 cm³/mol. The average molecular weight is 239 g/mol. The van der Waals surface area contributed by atoms with Crippen LogP contribution in [0.4, 0.5) is 0 Å². The molecule has 0 saturated carbocycles. The standard InChI is InChI=1S/C8H17N.C7H12O/c1-3-9-6-4-5-8(2)7-9;1-3-7(2)5-4-6-8/h8H,3-7H2,1-2H3;7-8H,3,6H2,1-2H3/t8-;/m0./s1. The van der Waals surface area contributed by atoms with Crippen molar-refractivity contribution in [1.82, 2.24) is 4.90 Å². The normalized spacial score (nSPS) is 21.8. The van der Waals surface area contributed by atoms with E-state index in [1.165, 1.54) is 32.5 Å². The molecule has 1 aliphatic rings. The Balaban J connectivity index is 0.000000304. The van der Waals surface area contributed by atoms with Crippen molar-refractivity contribution in [2.75, 3.05) is 26.2 Å². The molecule has 17 heavy (non-hydrogen) atoms. The number of rotatable bonds is 2. The minimum Gasteiger partial charge on any atom is -0.384 e. The summed E-state index contributed by atoms with van der Waals surface area (Å²) in [6.07, 6.45) is 3.92. The van der Waals surface area contributed by atoms with Gasteiger partial charge in [-0.3, -0.25) is 0 Å². The molecule has 100 valence electrons. The van der Waals surface area contributed by atoms with Gasteiger partial charge < -0.3 is 10.0 Å². The van der Waals surface area contributed by atoms with Gasteiger partial charge >= 0.3 is 0 Å². The summed E-state index contributed by atoms with van der Waals surface area (Å²) in [5, 5.41) is 8.24. The lowest BCUT2D eigenvalue weighted by Crippen LogP contribution is -2.33. The number of nitrogens with zero attached hydrogens (tertiary/aromatic N) is 1. The lowest BCUT2D eigenvalue weighted by Gasteiger charge is -2.29. The second-order valence-corrected chi connectivity index (χ2v) is 4.93. The van der Waals surface area contributed by atoms with Crippen LogP contribution in [0.15, 0.2) is 0 Å². The topological polar surface area (TPSA) is 23.5 Å². The Morgan fingerprint density at radius 3 is 2.53 bits per heavy atom. The van der Waals surface area contributed by atoms with Crippen LogP contribution < -0.4 is 0 Å². The molecule has 0 bridgehead atoms. The van der Waals surface area contributed by atoms with E-state index in [1.54, 1.807) is 0 Å². The molecule has 1 heterocycles. The van der Waals surface area contributed by atoms with Crippen LogP contribution in [0, 0.1) is 23.7 Å². The zero-order chi connectivity index (χ0) is 13.1. The Morgan fingerprint density at radius 1 is 1.41 bits per heavy atom. The summed E-state index contributed by atoms with van der Waals surface area (Å²) in [4.78, 5) is 2.54. The highest BCUT2D eigenvalue weighted by atomic mass is 16.2. The molecule has 2 nitrogen and oxygen atoms in total. The monoisotopic (exact) mass is 239 g/mol. The summed E-state index contributed by atoms with van der Waals surface area (Å²) in [6.45, 7) is 12.6. The van der Waals surface area contributed by atoms with Crippen molar-refractivity contribution in [1.29, 1.82) is 0 Å². The first kappa shape index (κ1) is 16.5. The number of aliphatic hydroxyl groups excluding tert-OH is 1. The SMILES string of the molecule is CCC(C)C#CCO.CCN1CCC[C@H](C)C1. The Bertz CT molecular complexity index is 229. The summed E-state index contributed by atoms with van der Waals surface area (Å²) >= 11 is 0. The average Bonchev–Trinajstić information content (AvgIpc) is 2.36. The lowest BCUT2D eigenvalue weighted by molar-refractivity contribution is 0.192. The van der Waals surface area contributed by atoms with Crippen molar-refractivity contribution in [3.63, 3.8) is 0 Å². The van der Waals surface area contributed by atoms with Crippen molar-refractivity contribution >= 4 is 0 Å². The molecule has 1 rings (SSSR count). The van der Waals surface area contributed by atoms with E-state index in [4.69, 9.17) is 5.11 Å². The minimum atomic E-state index is -0.00958. The number of hydrogen-bond acceptors (Lipinski definition) is 2. The molecule has 2 atom stereocenters. The first-order chi connectivity index (χ1) is 8.13. The van der Waals surface area contributed by atoms with Gasteiger partial charge in [-0.2, -0.15) is 0 Å². The highest BCUT2D eigenvalue weighted by molar-refractivity contribution is 5.01. The smallest absolute Gasteiger partial charge is 0.104 e. The third kappa shape index (κ3) is 9.21. The van der Waals surface area contributed by atoms with Crippen LogP contribution in [-0.4, -0.2) is 36.2 Å². The van der Waals surface area contributed by atoms with Crippen molar-refractivity contribution in [2.24, 2.45) is 11.8 Å². The van der Waals surface area contributed by atoms with E-state index in [-0.39, 0.29) is 6.61 Å². The van der Waals surface area contributed by atoms with E-state index >= 15 is 0 Å². The molecule has 1 aliphatic heterocycles. The maximum absolute atomic E-state index is 8.24. The van der Waals surface area contributed by atoms with E-state index in [0.717, 1.165) is 12.3 Å². The molecule has 0 aromatic carbocycles. The van der Waals surface area contributed by atoms with Gasteiger partial charge in [0, 0.05) is 12.5 Å². The van der Waals surface area contributed by atoms with Crippen LogP contribution in [0.3, 0.4) is 0 Å². The maximum Gasteiger partial charge on any atom is 0.104 e. The third-order valence-electron chi connectivity index (χ3n) is 3.23. The summed E-state index contributed by atoms with van der Waals surface area (Å²) in [7, 11) is 0. The summed E-state index contributed by atoms with van der Waals surface area (Å²) in [5.74, 6) is 6.86. The van der Waals surface area contributed by atoms with Gasteiger partial charge in [0.1, 0.15) is 6.61 Å². The Kier molecular flexibility index (Phi) is 10.3. The largest absolute Gasteiger partial charge is 0.384 e. The maximum atomic E-state index is 8.24. The van der Waals surface area contributed by atoms with Crippen LogP contribution in [-0.2, 0) is 0 Å². The fourth-order valence-electron chi connectivity index (χ4n) is 1.90. The molecule has 1 unspecified atom stereocenters. The Labute approximate surface area is 107 Å². The van der Waals surface area contributed by atoms with Crippen LogP contribution in [0.5, 0.6) is 0 Å². The van der Waals surface area contributed by atoms with Crippen LogP contribution in [0.2, 0.25) is 0 Å². The number of aliphatic hydroxyl groups is 1. The Hall–Kier alpha value is -0.520. The number of likely N-dealkylation sites (tertiary alicyclic amines) is 1. The summed E-state index contributed by atoms with van der Waals surface area (Å²) < 4.78 is 0. The van der Waals surface area contributed by atoms with Crippen molar-refractivity contribution in [3.05, 3.63) is 0 Å². The number of hydrogen-bond donors (Lipinski definition) is 1. The second-order valence-electron chi connectivity index (χ2n) is 4.93. The Morgan fingerprint density at radius 2 is 2.12 bits per heavy atom. The molecule has 1 saturated heterocycles. The molecular formula is C15H29NO. The third-order valence-corrected chi connectivity index (χ3v) is 3.23. The molecule has 2 heteroatoms. The van der Waals surface area contributed by atoms with Crippen LogP contribution in [0.25, 0.3) is 0 Å². The van der Waals surface area contributed by atoms with Gasteiger partial charge in [-0.25, -0.2) is 0 Å². The van der Waals surface area contributed by atoms with Gasteiger partial charge in [0.15, 0.2) is 0 Å². The molecule has 1 N–H and O–H groups in total. The summed E-state index contributed by atoms with van der Waals surface area (Å²) in [5.41, 5.74) is 0. The first-order valence-corrected chi connectivity index (χ1v) is 6.95. The van der Waals surface area contributed by atoms with Crippen LogP contribution >= 0.6 is 0 Å². The van der Waals surface area contributed by atoms with Crippen molar-refractivity contribution in [3.8, 4) is 11.8 Å². The zero-order valence-corrected chi connectivity index (χ0v) is 12.0. The highest BCUT2D eigenvalue weighted by Gasteiger charge is 2.13. The summed E-state index contributed by atoms with van der Waals surface area (Å²) in [6, 6.07) is 0. The van der Waals surface area contributed by atoms with E-state index in [1.807, 2.05) is 6.92 Å². The second kappa shape index (κ2) is 10.6. The molecule has 0 amide bonds. The van der Waals surface area contributed by atoms with Crippen LogP contribution in [0.1, 0.15) is 47.0 Å². The quantitative estimate of drug-likeness (QED) is 0.749.